The van der Waals surface area contributed by atoms with E-state index in [9.17, 15) is 5.11 Å². The van der Waals surface area contributed by atoms with Crippen LogP contribution < -0.4 is 0 Å². The van der Waals surface area contributed by atoms with Crippen LogP contribution in [0, 0.1) is 6.07 Å². The predicted octanol–water partition coefficient (Wildman–Crippen LogP) is 3.14. The lowest BCUT2D eigenvalue weighted by Gasteiger charge is -2.07. The summed E-state index contributed by atoms with van der Waals surface area (Å²) < 4.78 is 2.03. The molecule has 2 aromatic carbocycles. The van der Waals surface area contributed by atoms with Crippen LogP contribution in [-0.4, -0.2) is 19.6 Å². The molecule has 0 bridgehead atoms. The summed E-state index contributed by atoms with van der Waals surface area (Å²) in [6, 6.07) is 18.7. The number of aromatic nitrogens is 3. The number of imidazole rings is 1. The van der Waals surface area contributed by atoms with Gasteiger partial charge in [-0.25, -0.2) is 9.97 Å². The first-order valence-electron chi connectivity index (χ1n) is 6.70. The minimum atomic E-state index is -0.0259. The van der Waals surface area contributed by atoms with Crippen LogP contribution in [0.5, 0.6) is 5.88 Å². The van der Waals surface area contributed by atoms with Crippen molar-refractivity contribution >= 4 is 21.9 Å². The second-order valence-electron chi connectivity index (χ2n) is 4.93. The molecule has 0 saturated heterocycles. The van der Waals surface area contributed by atoms with Crippen molar-refractivity contribution in [3.05, 3.63) is 66.5 Å². The first-order chi connectivity index (χ1) is 10.3. The highest BCUT2D eigenvalue weighted by atomic mass is 16.3. The summed E-state index contributed by atoms with van der Waals surface area (Å²) in [5, 5.41) is 11.0. The summed E-state index contributed by atoms with van der Waals surface area (Å²) in [5.74, 6) is -0.0259. The van der Waals surface area contributed by atoms with Crippen molar-refractivity contribution in [1.29, 1.82) is 0 Å². The maximum absolute atomic E-state index is 10.1. The summed E-state index contributed by atoms with van der Waals surface area (Å²) in [4.78, 5) is 8.50. The van der Waals surface area contributed by atoms with Crippen LogP contribution in [0.3, 0.4) is 0 Å². The van der Waals surface area contributed by atoms with Gasteiger partial charge < -0.3 is 9.67 Å². The van der Waals surface area contributed by atoms with Crippen molar-refractivity contribution in [3.63, 3.8) is 0 Å². The number of hydrogen-bond donors (Lipinski definition) is 1. The number of rotatable bonds is 2. The zero-order valence-corrected chi connectivity index (χ0v) is 11.2. The molecule has 1 radical (unpaired) electrons. The number of benzene rings is 2. The van der Waals surface area contributed by atoms with Crippen molar-refractivity contribution in [3.8, 4) is 5.88 Å². The van der Waals surface area contributed by atoms with Crippen LogP contribution in [-0.2, 0) is 6.54 Å². The number of hydrogen-bond acceptors (Lipinski definition) is 3. The largest absolute Gasteiger partial charge is 0.492 e. The molecule has 2 aromatic heterocycles. The molecule has 0 spiro atoms. The Bertz CT molecular complexity index is 929. The molecule has 0 unspecified atom stereocenters. The standard InChI is InChI=1S/C17H12N3O/c21-17-15-16(13-8-4-5-9-14(13)19-17)20(11-18-15)10-12-6-2-1-3-7-12/h1-2,4-9,11H,10H2,(H,19,21). The lowest BCUT2D eigenvalue weighted by molar-refractivity contribution is 0.461. The van der Waals surface area contributed by atoms with E-state index in [0.29, 0.717) is 12.1 Å². The van der Waals surface area contributed by atoms with Crippen LogP contribution in [0.4, 0.5) is 0 Å². The molecule has 4 aromatic rings. The average Bonchev–Trinajstić information content (AvgIpc) is 2.93. The number of aromatic hydroxyl groups is 1. The molecule has 0 aliphatic heterocycles. The highest BCUT2D eigenvalue weighted by Gasteiger charge is 2.13. The van der Waals surface area contributed by atoms with Gasteiger partial charge in [0.05, 0.1) is 17.4 Å². The molecule has 0 saturated carbocycles. The molecule has 0 aliphatic rings. The number of fused-ring (bicyclic) bond motifs is 3. The van der Waals surface area contributed by atoms with Crippen LogP contribution >= 0.6 is 0 Å². The van der Waals surface area contributed by atoms with E-state index in [-0.39, 0.29) is 5.88 Å². The van der Waals surface area contributed by atoms with Gasteiger partial charge in [-0.05, 0) is 23.8 Å². The minimum absolute atomic E-state index is 0.0259. The molecule has 0 fully saturated rings. The van der Waals surface area contributed by atoms with Gasteiger partial charge >= 0.3 is 0 Å². The summed E-state index contributed by atoms with van der Waals surface area (Å²) >= 11 is 0. The second kappa shape index (κ2) is 4.59. The van der Waals surface area contributed by atoms with Crippen molar-refractivity contribution in [2.24, 2.45) is 0 Å². The van der Waals surface area contributed by atoms with Gasteiger partial charge in [-0.15, -0.1) is 0 Å². The second-order valence-corrected chi connectivity index (χ2v) is 4.93. The maximum atomic E-state index is 10.1. The number of para-hydroxylation sites is 1. The van der Waals surface area contributed by atoms with E-state index in [2.05, 4.69) is 16.0 Å². The molecule has 0 atom stereocenters. The Labute approximate surface area is 121 Å². The number of pyridine rings is 1. The van der Waals surface area contributed by atoms with Crippen molar-refractivity contribution in [2.75, 3.05) is 0 Å². The van der Waals surface area contributed by atoms with Gasteiger partial charge in [0.2, 0.25) is 5.88 Å². The van der Waals surface area contributed by atoms with Crippen LogP contribution in [0.15, 0.2) is 54.9 Å². The van der Waals surface area contributed by atoms with E-state index in [4.69, 9.17) is 0 Å². The first-order valence-corrected chi connectivity index (χ1v) is 6.70. The number of nitrogens with zero attached hydrogens (tertiary/aromatic N) is 3. The first kappa shape index (κ1) is 11.9. The Morgan fingerprint density at radius 2 is 2.05 bits per heavy atom. The molecular formula is C17H12N3O. The molecule has 2 heterocycles. The van der Waals surface area contributed by atoms with Gasteiger partial charge in [0, 0.05) is 11.9 Å². The van der Waals surface area contributed by atoms with E-state index >= 15 is 0 Å². The Kier molecular flexibility index (Phi) is 2.60. The molecule has 4 rings (SSSR count). The van der Waals surface area contributed by atoms with Crippen LogP contribution in [0.25, 0.3) is 21.9 Å². The summed E-state index contributed by atoms with van der Waals surface area (Å²) in [6.45, 7) is 0.682. The van der Waals surface area contributed by atoms with E-state index in [0.717, 1.165) is 22.0 Å². The Morgan fingerprint density at radius 1 is 1.14 bits per heavy atom. The van der Waals surface area contributed by atoms with Crippen molar-refractivity contribution in [1.82, 2.24) is 14.5 Å². The minimum Gasteiger partial charge on any atom is -0.492 e. The normalized spacial score (nSPS) is 11.2. The average molecular weight is 274 g/mol. The molecule has 21 heavy (non-hydrogen) atoms. The topological polar surface area (TPSA) is 50.9 Å². The SMILES string of the molecule is Oc1nc2ccccc2c2c1ncn2Cc1c[c]ccc1. The lowest BCUT2D eigenvalue weighted by Crippen LogP contribution is -1.98. The molecular weight excluding hydrogens is 262 g/mol. The monoisotopic (exact) mass is 274 g/mol. The van der Waals surface area contributed by atoms with Crippen LogP contribution in [0.2, 0.25) is 0 Å². The van der Waals surface area contributed by atoms with Gasteiger partial charge in [-0.2, -0.15) is 0 Å². The highest BCUT2D eigenvalue weighted by molar-refractivity contribution is 6.04. The molecule has 4 heteroatoms. The van der Waals surface area contributed by atoms with Gasteiger partial charge in [-0.3, -0.25) is 0 Å². The van der Waals surface area contributed by atoms with E-state index in [1.165, 1.54) is 0 Å². The van der Waals surface area contributed by atoms with Gasteiger partial charge in [0.1, 0.15) is 0 Å². The zero-order valence-electron chi connectivity index (χ0n) is 11.2. The fourth-order valence-corrected chi connectivity index (χ4v) is 2.61. The third-order valence-corrected chi connectivity index (χ3v) is 3.56. The molecule has 4 nitrogen and oxygen atoms in total. The maximum Gasteiger partial charge on any atom is 0.240 e. The zero-order chi connectivity index (χ0) is 14.2. The summed E-state index contributed by atoms with van der Waals surface area (Å²) in [6.07, 6.45) is 1.74. The van der Waals surface area contributed by atoms with Crippen molar-refractivity contribution in [2.45, 2.75) is 6.54 Å². The predicted molar refractivity (Wildman–Crippen MR) is 81.1 cm³/mol. The van der Waals surface area contributed by atoms with E-state index < -0.39 is 0 Å². The lowest BCUT2D eigenvalue weighted by atomic mass is 10.1. The third kappa shape index (κ3) is 1.92. The smallest absolute Gasteiger partial charge is 0.240 e. The molecule has 1 N–H and O–H groups in total. The van der Waals surface area contributed by atoms with E-state index in [1.807, 2.05) is 53.1 Å². The summed E-state index contributed by atoms with van der Waals surface area (Å²) in [7, 11) is 0. The molecule has 0 amide bonds. The Balaban J connectivity index is 1.98. The van der Waals surface area contributed by atoms with Crippen molar-refractivity contribution < 1.29 is 5.11 Å². The molecule has 0 aliphatic carbocycles. The fraction of sp³-hybridized carbons (Fsp3) is 0.0588. The molecule has 101 valence electrons. The quantitative estimate of drug-likeness (QED) is 0.611. The fourth-order valence-electron chi connectivity index (χ4n) is 2.61. The summed E-state index contributed by atoms with van der Waals surface area (Å²) in [5.41, 5.74) is 3.34. The van der Waals surface area contributed by atoms with Gasteiger partial charge in [0.15, 0.2) is 5.52 Å². The van der Waals surface area contributed by atoms with Gasteiger partial charge in [0.25, 0.3) is 0 Å². The Morgan fingerprint density at radius 3 is 2.90 bits per heavy atom. The van der Waals surface area contributed by atoms with Gasteiger partial charge in [-0.1, -0.05) is 36.4 Å². The Hall–Kier alpha value is -2.88. The van der Waals surface area contributed by atoms with E-state index in [1.54, 1.807) is 6.33 Å². The highest BCUT2D eigenvalue weighted by Crippen LogP contribution is 2.29. The van der Waals surface area contributed by atoms with Crippen LogP contribution in [0.1, 0.15) is 5.56 Å². The third-order valence-electron chi connectivity index (χ3n) is 3.56.